The third-order valence-electron chi connectivity index (χ3n) is 1.65. The Balaban J connectivity index is 3.36. The summed E-state index contributed by atoms with van der Waals surface area (Å²) in [5, 5.41) is -0.0887. The molecule has 0 atom stereocenters. The molecule has 0 spiro atoms. The predicted octanol–water partition coefficient (Wildman–Crippen LogP) is 0.925. The summed E-state index contributed by atoms with van der Waals surface area (Å²) >= 11 is 5.61. The van der Waals surface area contributed by atoms with Gasteiger partial charge in [-0.25, -0.2) is 18.2 Å². The quantitative estimate of drug-likeness (QED) is 0.576. The zero-order valence-electron chi connectivity index (χ0n) is 8.02. The first-order chi connectivity index (χ1) is 6.86. The fourth-order valence-electron chi connectivity index (χ4n) is 0.885. The molecule has 0 unspecified atom stereocenters. The average Bonchev–Trinajstić information content (AvgIpc) is 2.15. The molecular formula is C8H8ClNO4S. The van der Waals surface area contributed by atoms with Crippen LogP contribution in [0.4, 0.5) is 0 Å². The van der Waals surface area contributed by atoms with Crippen molar-refractivity contribution in [3.8, 4) is 0 Å². The molecule has 0 amide bonds. The molecule has 0 radical (unpaired) electrons. The van der Waals surface area contributed by atoms with Gasteiger partial charge < -0.3 is 4.74 Å². The summed E-state index contributed by atoms with van der Waals surface area (Å²) in [6, 6.07) is 1.14. The van der Waals surface area contributed by atoms with Crippen molar-refractivity contribution >= 4 is 27.4 Å². The van der Waals surface area contributed by atoms with Crippen molar-refractivity contribution < 1.29 is 17.9 Å². The van der Waals surface area contributed by atoms with E-state index in [0.717, 1.165) is 18.5 Å². The lowest BCUT2D eigenvalue weighted by Gasteiger charge is -2.03. The van der Waals surface area contributed by atoms with Crippen molar-refractivity contribution in [3.05, 3.63) is 23.0 Å². The van der Waals surface area contributed by atoms with Gasteiger partial charge in [-0.15, -0.1) is 0 Å². The van der Waals surface area contributed by atoms with Crippen LogP contribution in [0.5, 0.6) is 0 Å². The maximum atomic E-state index is 11.2. The Hall–Kier alpha value is -1.14. The molecule has 1 aromatic rings. The van der Waals surface area contributed by atoms with E-state index in [-0.39, 0.29) is 15.6 Å². The van der Waals surface area contributed by atoms with Crippen LogP contribution in [0.25, 0.3) is 0 Å². The van der Waals surface area contributed by atoms with E-state index in [0.29, 0.717) is 0 Å². The highest BCUT2D eigenvalue weighted by Gasteiger charge is 2.16. The lowest BCUT2D eigenvalue weighted by molar-refractivity contribution is 0.0600. The number of rotatable bonds is 2. The number of esters is 1. The molecule has 1 heterocycles. The summed E-state index contributed by atoms with van der Waals surface area (Å²) in [5.74, 6) is -0.724. The molecule has 0 aliphatic heterocycles. The molecule has 0 saturated carbocycles. The van der Waals surface area contributed by atoms with E-state index in [2.05, 4.69) is 9.72 Å². The van der Waals surface area contributed by atoms with Crippen molar-refractivity contribution in [1.82, 2.24) is 4.98 Å². The second-order valence-corrected chi connectivity index (χ2v) is 5.15. The van der Waals surface area contributed by atoms with Gasteiger partial charge in [0.2, 0.25) is 0 Å². The SMILES string of the molecule is COC(=O)c1cc(S(C)(=O)=O)cnc1Cl. The van der Waals surface area contributed by atoms with E-state index in [1.807, 2.05) is 0 Å². The van der Waals surface area contributed by atoms with Crippen LogP contribution in [0.3, 0.4) is 0 Å². The number of pyridine rings is 1. The first-order valence-corrected chi connectivity index (χ1v) is 6.07. The van der Waals surface area contributed by atoms with Gasteiger partial charge >= 0.3 is 5.97 Å². The van der Waals surface area contributed by atoms with Crippen molar-refractivity contribution in [2.24, 2.45) is 0 Å². The highest BCUT2D eigenvalue weighted by Crippen LogP contribution is 2.18. The fourth-order valence-corrected chi connectivity index (χ4v) is 1.64. The van der Waals surface area contributed by atoms with Crippen LogP contribution in [0.2, 0.25) is 5.15 Å². The number of ether oxygens (including phenoxy) is 1. The first kappa shape index (κ1) is 11.9. The van der Waals surface area contributed by atoms with Gasteiger partial charge in [-0.1, -0.05) is 11.6 Å². The first-order valence-electron chi connectivity index (χ1n) is 3.80. The molecule has 0 saturated heterocycles. The summed E-state index contributed by atoms with van der Waals surface area (Å²) in [7, 11) is -2.24. The zero-order valence-corrected chi connectivity index (χ0v) is 9.59. The molecule has 82 valence electrons. The number of carbonyl (C=O) groups is 1. The van der Waals surface area contributed by atoms with Crippen LogP contribution in [0, 0.1) is 0 Å². The monoisotopic (exact) mass is 249 g/mol. The number of halogens is 1. The van der Waals surface area contributed by atoms with Gasteiger partial charge in [0.15, 0.2) is 9.84 Å². The Morgan fingerprint density at radius 1 is 1.53 bits per heavy atom. The van der Waals surface area contributed by atoms with E-state index in [1.54, 1.807) is 0 Å². The lowest BCUT2D eigenvalue weighted by atomic mass is 10.3. The smallest absolute Gasteiger partial charge is 0.341 e. The minimum absolute atomic E-state index is 0.0675. The molecule has 7 heteroatoms. The predicted molar refractivity (Wildman–Crippen MR) is 53.7 cm³/mol. The third-order valence-corrected chi connectivity index (χ3v) is 3.03. The fraction of sp³-hybridized carbons (Fsp3) is 0.250. The van der Waals surface area contributed by atoms with Crippen molar-refractivity contribution in [3.63, 3.8) is 0 Å². The normalized spacial score (nSPS) is 11.1. The summed E-state index contributed by atoms with van der Waals surface area (Å²) in [4.78, 5) is 14.7. The van der Waals surface area contributed by atoms with Crippen LogP contribution in [0.15, 0.2) is 17.2 Å². The molecule has 5 nitrogen and oxygen atoms in total. The van der Waals surface area contributed by atoms with Gasteiger partial charge in [-0.3, -0.25) is 0 Å². The minimum Gasteiger partial charge on any atom is -0.465 e. The molecule has 0 aliphatic rings. The van der Waals surface area contributed by atoms with Gasteiger partial charge in [0, 0.05) is 12.5 Å². The molecule has 1 aromatic heterocycles. The molecule has 0 N–H and O–H groups in total. The Labute approximate surface area is 91.9 Å². The van der Waals surface area contributed by atoms with Crippen LogP contribution in [-0.4, -0.2) is 32.7 Å². The standard InChI is InChI=1S/C8H8ClNO4S/c1-14-8(11)6-3-5(15(2,12)13)4-10-7(6)9/h3-4H,1-2H3. The Kier molecular flexibility index (Phi) is 3.31. The Morgan fingerprint density at radius 3 is 2.60 bits per heavy atom. The van der Waals surface area contributed by atoms with Crippen LogP contribution >= 0.6 is 11.6 Å². The summed E-state index contributed by atoms with van der Waals surface area (Å²) in [6.07, 6.45) is 2.10. The number of hydrogen-bond acceptors (Lipinski definition) is 5. The third kappa shape index (κ3) is 2.66. The topological polar surface area (TPSA) is 73.3 Å². The molecular weight excluding hydrogens is 242 g/mol. The van der Waals surface area contributed by atoms with Gasteiger partial charge in [0.05, 0.1) is 17.6 Å². The highest BCUT2D eigenvalue weighted by atomic mass is 35.5. The number of methoxy groups -OCH3 is 1. The summed E-state index contributed by atoms with van der Waals surface area (Å²) in [6.45, 7) is 0. The Bertz CT molecular complexity index is 497. The molecule has 0 aliphatic carbocycles. The van der Waals surface area contributed by atoms with E-state index in [9.17, 15) is 13.2 Å². The Morgan fingerprint density at radius 2 is 2.13 bits per heavy atom. The highest BCUT2D eigenvalue weighted by molar-refractivity contribution is 7.90. The van der Waals surface area contributed by atoms with Gasteiger partial charge in [0.25, 0.3) is 0 Å². The maximum absolute atomic E-state index is 11.2. The van der Waals surface area contributed by atoms with Gasteiger partial charge in [-0.05, 0) is 6.07 Å². The van der Waals surface area contributed by atoms with Gasteiger partial charge in [-0.2, -0.15) is 0 Å². The molecule has 0 bridgehead atoms. The van der Waals surface area contributed by atoms with E-state index in [1.165, 1.54) is 7.11 Å². The lowest BCUT2D eigenvalue weighted by Crippen LogP contribution is -2.06. The number of sulfone groups is 1. The maximum Gasteiger partial charge on any atom is 0.341 e. The molecule has 0 fully saturated rings. The van der Waals surface area contributed by atoms with E-state index < -0.39 is 15.8 Å². The van der Waals surface area contributed by atoms with Crippen molar-refractivity contribution in [2.45, 2.75) is 4.90 Å². The average molecular weight is 250 g/mol. The van der Waals surface area contributed by atoms with Crippen molar-refractivity contribution in [1.29, 1.82) is 0 Å². The number of aromatic nitrogens is 1. The number of carbonyl (C=O) groups excluding carboxylic acids is 1. The summed E-state index contributed by atoms with van der Waals surface area (Å²) < 4.78 is 26.8. The summed E-state index contributed by atoms with van der Waals surface area (Å²) in [5.41, 5.74) is -0.0675. The second-order valence-electron chi connectivity index (χ2n) is 2.77. The van der Waals surface area contributed by atoms with Crippen molar-refractivity contribution in [2.75, 3.05) is 13.4 Å². The molecule has 1 rings (SSSR count). The molecule has 15 heavy (non-hydrogen) atoms. The zero-order chi connectivity index (χ0) is 11.6. The van der Waals surface area contributed by atoms with Crippen LogP contribution < -0.4 is 0 Å². The van der Waals surface area contributed by atoms with E-state index >= 15 is 0 Å². The largest absolute Gasteiger partial charge is 0.465 e. The van der Waals surface area contributed by atoms with Crippen LogP contribution in [0.1, 0.15) is 10.4 Å². The number of nitrogens with zero attached hydrogens (tertiary/aromatic N) is 1. The minimum atomic E-state index is -3.41. The van der Waals surface area contributed by atoms with Crippen LogP contribution in [-0.2, 0) is 14.6 Å². The van der Waals surface area contributed by atoms with E-state index in [4.69, 9.17) is 11.6 Å². The number of hydrogen-bond donors (Lipinski definition) is 0. The molecule has 0 aromatic carbocycles. The second kappa shape index (κ2) is 4.16. The van der Waals surface area contributed by atoms with Gasteiger partial charge in [0.1, 0.15) is 5.15 Å².